The van der Waals surface area contributed by atoms with Gasteiger partial charge in [0.15, 0.2) is 0 Å². The molecule has 1 amide bonds. The van der Waals surface area contributed by atoms with Crippen LogP contribution in [-0.2, 0) is 9.47 Å². The molecule has 1 aliphatic heterocycles. The Morgan fingerprint density at radius 3 is 2.31 bits per heavy atom. The summed E-state index contributed by atoms with van der Waals surface area (Å²) in [6.45, 7) is 12.8. The highest BCUT2D eigenvalue weighted by molar-refractivity contribution is 5.99. The molecule has 1 aliphatic rings. The molecule has 3 aromatic carbocycles. The van der Waals surface area contributed by atoms with Crippen LogP contribution in [0.1, 0.15) is 75.6 Å². The number of halogens is 2. The quantitative estimate of drug-likeness (QED) is 0.172. The molecule has 0 spiro atoms. The molecule has 0 radical (unpaired) electrons. The minimum Gasteiger partial charge on any atom is -0.492 e. The van der Waals surface area contributed by atoms with Gasteiger partial charge in [-0.05, 0) is 116 Å². The molecule has 45 heavy (non-hydrogen) atoms. The van der Waals surface area contributed by atoms with E-state index in [1.54, 1.807) is 20.8 Å². The lowest BCUT2D eigenvalue weighted by Gasteiger charge is -2.34. The van der Waals surface area contributed by atoms with Crippen LogP contribution in [0.4, 0.5) is 19.3 Å². The number of nitrogens with zero attached hydrogens (tertiary/aromatic N) is 1. The Kier molecular flexibility index (Phi) is 11.4. The van der Waals surface area contributed by atoms with Gasteiger partial charge in [0.1, 0.15) is 35.8 Å². The van der Waals surface area contributed by atoms with E-state index in [2.05, 4.69) is 28.9 Å². The number of nitrogens with one attached hydrogen (secondary N) is 1. The van der Waals surface area contributed by atoms with Crippen molar-refractivity contribution in [2.45, 2.75) is 65.2 Å². The van der Waals surface area contributed by atoms with Crippen LogP contribution in [0.2, 0.25) is 0 Å². The summed E-state index contributed by atoms with van der Waals surface area (Å²) in [6, 6.07) is 17.3. The largest absolute Gasteiger partial charge is 0.492 e. The molecule has 6 nitrogen and oxygen atoms in total. The molecular formula is C37H44F2N2O4. The molecule has 8 heteroatoms. The van der Waals surface area contributed by atoms with Gasteiger partial charge >= 0.3 is 6.09 Å². The fraction of sp³-hybridized carbons (Fsp3) is 0.378. The minimum absolute atomic E-state index is 0.00772. The zero-order valence-corrected chi connectivity index (χ0v) is 26.9. The van der Waals surface area contributed by atoms with Crippen LogP contribution in [0.3, 0.4) is 0 Å². The van der Waals surface area contributed by atoms with Crippen LogP contribution < -0.4 is 15.0 Å². The molecule has 1 unspecified atom stereocenters. The molecule has 1 fully saturated rings. The third-order valence-electron chi connectivity index (χ3n) is 7.55. The summed E-state index contributed by atoms with van der Waals surface area (Å²) in [5, 5.41) is 2.68. The lowest BCUT2D eigenvalue weighted by Crippen LogP contribution is -2.37. The highest BCUT2D eigenvalue weighted by Crippen LogP contribution is 2.38. The number of anilines is 1. The number of allylic oxidation sites excluding steroid dienone is 1. The summed E-state index contributed by atoms with van der Waals surface area (Å²) < 4.78 is 46.0. The van der Waals surface area contributed by atoms with Gasteiger partial charge in [-0.1, -0.05) is 37.8 Å². The SMILES string of the molecule is C=Cc1cc(/C(=C(\CC)c2cc(F)cc(F)c2)c2ccc(OCCNC(=O)OC(C)(C)C)cc2)ccc1N(C)C1CCCCO1. The van der Waals surface area contributed by atoms with E-state index in [1.165, 1.54) is 12.1 Å². The van der Waals surface area contributed by atoms with Crippen molar-refractivity contribution in [3.8, 4) is 5.75 Å². The first-order valence-corrected chi connectivity index (χ1v) is 15.5. The molecular weight excluding hydrogens is 574 g/mol. The Morgan fingerprint density at radius 2 is 1.71 bits per heavy atom. The molecule has 0 aromatic heterocycles. The molecule has 1 heterocycles. The van der Waals surface area contributed by atoms with Crippen LogP contribution >= 0.6 is 0 Å². The summed E-state index contributed by atoms with van der Waals surface area (Å²) >= 11 is 0. The van der Waals surface area contributed by atoms with Gasteiger partial charge in [0.25, 0.3) is 0 Å². The van der Waals surface area contributed by atoms with E-state index in [4.69, 9.17) is 14.2 Å². The maximum Gasteiger partial charge on any atom is 0.407 e. The fourth-order valence-electron chi connectivity index (χ4n) is 5.50. The molecule has 1 N–H and O–H groups in total. The third kappa shape index (κ3) is 9.17. The molecule has 0 saturated carbocycles. The first kappa shape index (κ1) is 33.7. The number of hydrogen-bond acceptors (Lipinski definition) is 5. The summed E-state index contributed by atoms with van der Waals surface area (Å²) in [6.07, 6.45) is 4.99. The van der Waals surface area contributed by atoms with Crippen LogP contribution in [0.5, 0.6) is 5.75 Å². The van der Waals surface area contributed by atoms with Gasteiger partial charge in [0.2, 0.25) is 0 Å². The lowest BCUT2D eigenvalue weighted by molar-refractivity contribution is 0.0174. The topological polar surface area (TPSA) is 60.0 Å². The van der Waals surface area contributed by atoms with Crippen LogP contribution in [0.15, 0.2) is 67.2 Å². The number of rotatable bonds is 11. The van der Waals surface area contributed by atoms with Gasteiger partial charge in [-0.15, -0.1) is 0 Å². The highest BCUT2D eigenvalue weighted by Gasteiger charge is 2.22. The Hall–Kier alpha value is -4.17. The van der Waals surface area contributed by atoms with Gasteiger partial charge in [0, 0.05) is 25.4 Å². The average molecular weight is 619 g/mol. The number of hydrogen-bond donors (Lipinski definition) is 1. The van der Waals surface area contributed by atoms with Gasteiger partial charge in [-0.3, -0.25) is 0 Å². The van der Waals surface area contributed by atoms with Crippen LogP contribution in [0.25, 0.3) is 17.2 Å². The summed E-state index contributed by atoms with van der Waals surface area (Å²) in [4.78, 5) is 14.1. The maximum absolute atomic E-state index is 14.4. The van der Waals surface area contributed by atoms with E-state index >= 15 is 0 Å². The van der Waals surface area contributed by atoms with Crippen molar-refractivity contribution >= 4 is 29.0 Å². The summed E-state index contributed by atoms with van der Waals surface area (Å²) in [5.74, 6) is -0.638. The standard InChI is InChI=1S/C37H44F2N2O4/c1-7-25-21-27(14-17-33(25)41(6)34-11-9-10-19-44-34)35(32(8-2)28-22-29(38)24-30(39)23-28)26-12-15-31(16-13-26)43-20-18-40-36(42)45-37(3,4)5/h7,12-17,21-24,34H,1,8-11,18-20H2,2-6H3,(H,40,42)/b35-32+. The first-order chi connectivity index (χ1) is 21.5. The van der Waals surface area contributed by atoms with Crippen molar-refractivity contribution in [3.63, 3.8) is 0 Å². The Balaban J connectivity index is 1.67. The van der Waals surface area contributed by atoms with Crippen molar-refractivity contribution < 1.29 is 27.8 Å². The van der Waals surface area contributed by atoms with E-state index in [0.29, 0.717) is 17.7 Å². The van der Waals surface area contributed by atoms with Crippen molar-refractivity contribution in [2.75, 3.05) is 31.7 Å². The summed E-state index contributed by atoms with van der Waals surface area (Å²) in [7, 11) is 2.03. The average Bonchev–Trinajstić information content (AvgIpc) is 3.00. The number of amides is 1. The van der Waals surface area contributed by atoms with Crippen molar-refractivity contribution in [1.29, 1.82) is 0 Å². The molecule has 240 valence electrons. The Labute approximate surface area is 265 Å². The number of alkyl carbamates (subject to hydrolysis) is 1. The van der Waals surface area contributed by atoms with E-state index in [0.717, 1.165) is 65.5 Å². The third-order valence-corrected chi connectivity index (χ3v) is 7.55. The molecule has 4 rings (SSSR count). The smallest absolute Gasteiger partial charge is 0.407 e. The van der Waals surface area contributed by atoms with Crippen molar-refractivity contribution in [1.82, 2.24) is 5.32 Å². The molecule has 3 aromatic rings. The van der Waals surface area contributed by atoms with Crippen LogP contribution in [0, 0.1) is 11.6 Å². The molecule has 0 aliphatic carbocycles. The predicted octanol–water partition coefficient (Wildman–Crippen LogP) is 8.84. The minimum atomic E-state index is -0.629. The predicted molar refractivity (Wildman–Crippen MR) is 177 cm³/mol. The maximum atomic E-state index is 14.4. The normalized spacial score (nSPS) is 15.6. The van der Waals surface area contributed by atoms with E-state index in [1.807, 2.05) is 50.4 Å². The van der Waals surface area contributed by atoms with Crippen molar-refractivity contribution in [2.24, 2.45) is 0 Å². The Morgan fingerprint density at radius 1 is 1.02 bits per heavy atom. The fourth-order valence-corrected chi connectivity index (χ4v) is 5.50. The Bertz CT molecular complexity index is 1490. The second-order valence-corrected chi connectivity index (χ2v) is 12.1. The molecule has 0 bridgehead atoms. The van der Waals surface area contributed by atoms with Crippen LogP contribution in [-0.4, -0.2) is 44.7 Å². The lowest BCUT2D eigenvalue weighted by atomic mass is 9.87. The monoisotopic (exact) mass is 618 g/mol. The highest BCUT2D eigenvalue weighted by atomic mass is 19.1. The zero-order chi connectivity index (χ0) is 32.6. The first-order valence-electron chi connectivity index (χ1n) is 15.5. The number of carbonyl (C=O) groups excluding carboxylic acids is 1. The second kappa shape index (κ2) is 15.2. The van der Waals surface area contributed by atoms with E-state index in [9.17, 15) is 13.6 Å². The van der Waals surface area contributed by atoms with E-state index < -0.39 is 23.3 Å². The number of ether oxygens (including phenoxy) is 3. The zero-order valence-electron chi connectivity index (χ0n) is 26.9. The van der Waals surface area contributed by atoms with Gasteiger partial charge in [-0.25, -0.2) is 13.6 Å². The second-order valence-electron chi connectivity index (χ2n) is 12.1. The van der Waals surface area contributed by atoms with Gasteiger partial charge in [0.05, 0.1) is 6.54 Å². The molecule has 1 atom stereocenters. The van der Waals surface area contributed by atoms with Gasteiger partial charge in [-0.2, -0.15) is 0 Å². The summed E-state index contributed by atoms with van der Waals surface area (Å²) in [5.41, 5.74) is 5.25. The number of carbonyl (C=O) groups is 1. The van der Waals surface area contributed by atoms with Crippen molar-refractivity contribution in [3.05, 3.63) is 101 Å². The van der Waals surface area contributed by atoms with E-state index in [-0.39, 0.29) is 19.4 Å². The number of benzene rings is 3. The van der Waals surface area contributed by atoms with Gasteiger partial charge < -0.3 is 24.4 Å². The molecule has 1 saturated heterocycles.